The van der Waals surface area contributed by atoms with Crippen molar-refractivity contribution >= 4 is 5.97 Å². The van der Waals surface area contributed by atoms with Crippen LogP contribution in [0.2, 0.25) is 0 Å². The van der Waals surface area contributed by atoms with Gasteiger partial charge in [0.15, 0.2) is 0 Å². The Labute approximate surface area is 106 Å². The smallest absolute Gasteiger partial charge is 0.308 e. The second kappa shape index (κ2) is 8.51. The molecule has 0 aliphatic heterocycles. The first-order valence-corrected chi connectivity index (χ1v) is 6.72. The Bertz CT molecular complexity index is 206. The molecule has 0 saturated carbocycles. The summed E-state index contributed by atoms with van der Waals surface area (Å²) >= 11 is 0. The average molecular weight is 244 g/mol. The zero-order valence-corrected chi connectivity index (χ0v) is 12.0. The van der Waals surface area contributed by atoms with Crippen molar-refractivity contribution in [1.29, 1.82) is 0 Å². The third-order valence-electron chi connectivity index (χ3n) is 2.37. The van der Waals surface area contributed by atoms with Crippen molar-refractivity contribution in [2.75, 3.05) is 6.61 Å². The summed E-state index contributed by atoms with van der Waals surface area (Å²) in [5.74, 6) is -0.167. The van der Waals surface area contributed by atoms with Gasteiger partial charge in [0.2, 0.25) is 0 Å². The summed E-state index contributed by atoms with van der Waals surface area (Å²) in [7, 11) is 0. The van der Waals surface area contributed by atoms with Gasteiger partial charge in [-0.3, -0.25) is 4.79 Å². The van der Waals surface area contributed by atoms with Crippen LogP contribution in [0.25, 0.3) is 0 Å². The third-order valence-corrected chi connectivity index (χ3v) is 2.37. The Morgan fingerprint density at radius 1 is 1.18 bits per heavy atom. The molecule has 3 nitrogen and oxygen atoms in total. The van der Waals surface area contributed by atoms with E-state index in [-0.39, 0.29) is 12.1 Å². The molecule has 0 rings (SSSR count). The molecule has 0 aromatic heterocycles. The Kier molecular flexibility index (Phi) is 8.23. The summed E-state index contributed by atoms with van der Waals surface area (Å²) in [6, 6.07) is 0. The fourth-order valence-corrected chi connectivity index (χ4v) is 1.49. The van der Waals surface area contributed by atoms with Crippen molar-refractivity contribution in [1.82, 2.24) is 0 Å². The molecule has 3 heteroatoms. The Morgan fingerprint density at radius 2 is 1.82 bits per heavy atom. The number of rotatable bonds is 8. The van der Waals surface area contributed by atoms with Crippen molar-refractivity contribution in [2.45, 2.75) is 78.4 Å². The molecule has 0 aromatic carbocycles. The first kappa shape index (κ1) is 16.4. The van der Waals surface area contributed by atoms with Gasteiger partial charge in [0, 0.05) is 6.61 Å². The van der Waals surface area contributed by atoms with E-state index in [0.29, 0.717) is 6.42 Å². The molecule has 0 radical (unpaired) electrons. The molecule has 17 heavy (non-hydrogen) atoms. The van der Waals surface area contributed by atoms with Crippen molar-refractivity contribution in [2.24, 2.45) is 0 Å². The van der Waals surface area contributed by atoms with Gasteiger partial charge in [-0.15, -0.1) is 0 Å². The topological polar surface area (TPSA) is 35.5 Å². The minimum absolute atomic E-state index is 0.00158. The van der Waals surface area contributed by atoms with E-state index in [2.05, 4.69) is 6.92 Å². The zero-order valence-electron chi connectivity index (χ0n) is 12.0. The number of unbranched alkanes of at least 4 members (excludes halogenated alkanes) is 2. The largest absolute Gasteiger partial charge is 0.460 e. The van der Waals surface area contributed by atoms with Gasteiger partial charge in [0.1, 0.15) is 5.60 Å². The molecule has 0 spiro atoms. The molecule has 0 fully saturated rings. The van der Waals surface area contributed by atoms with E-state index in [1.54, 1.807) is 0 Å². The molecular weight excluding hydrogens is 216 g/mol. The molecule has 0 aliphatic carbocycles. The molecule has 0 N–H and O–H groups in total. The second-order valence-electron chi connectivity index (χ2n) is 5.40. The molecule has 0 amide bonds. The van der Waals surface area contributed by atoms with Crippen LogP contribution in [0.3, 0.4) is 0 Å². The van der Waals surface area contributed by atoms with Crippen molar-refractivity contribution < 1.29 is 14.3 Å². The monoisotopic (exact) mass is 244 g/mol. The summed E-state index contributed by atoms with van der Waals surface area (Å²) in [6.07, 6.45) is 4.66. The van der Waals surface area contributed by atoms with Crippen LogP contribution in [0.5, 0.6) is 0 Å². The van der Waals surface area contributed by atoms with Crippen LogP contribution in [0.4, 0.5) is 0 Å². The van der Waals surface area contributed by atoms with Gasteiger partial charge in [-0.05, 0) is 33.6 Å². The van der Waals surface area contributed by atoms with Crippen LogP contribution in [0.1, 0.15) is 66.7 Å². The van der Waals surface area contributed by atoms with E-state index in [4.69, 9.17) is 9.47 Å². The number of carbonyl (C=O) groups excluding carboxylic acids is 1. The minimum atomic E-state index is -0.405. The maximum atomic E-state index is 11.6. The molecule has 1 atom stereocenters. The van der Waals surface area contributed by atoms with Crippen LogP contribution in [-0.2, 0) is 14.3 Å². The van der Waals surface area contributed by atoms with E-state index in [1.165, 1.54) is 12.8 Å². The molecule has 1 unspecified atom stereocenters. The van der Waals surface area contributed by atoms with Gasteiger partial charge in [0.05, 0.1) is 12.5 Å². The highest BCUT2D eigenvalue weighted by atomic mass is 16.6. The van der Waals surface area contributed by atoms with Crippen LogP contribution in [-0.4, -0.2) is 24.3 Å². The van der Waals surface area contributed by atoms with Crippen molar-refractivity contribution in [3.8, 4) is 0 Å². The fourth-order valence-electron chi connectivity index (χ4n) is 1.49. The van der Waals surface area contributed by atoms with E-state index in [1.807, 2.05) is 27.7 Å². The first-order valence-electron chi connectivity index (χ1n) is 6.72. The molecule has 0 saturated heterocycles. The lowest BCUT2D eigenvalue weighted by molar-refractivity contribution is -0.158. The summed E-state index contributed by atoms with van der Waals surface area (Å²) in [6.45, 7) is 10.6. The van der Waals surface area contributed by atoms with Gasteiger partial charge in [-0.25, -0.2) is 0 Å². The average Bonchev–Trinajstić information content (AvgIpc) is 2.20. The number of esters is 1. The summed E-state index contributed by atoms with van der Waals surface area (Å²) < 4.78 is 11.0. The minimum Gasteiger partial charge on any atom is -0.460 e. The molecule has 0 aromatic rings. The van der Waals surface area contributed by atoms with Crippen molar-refractivity contribution in [3.05, 3.63) is 0 Å². The highest BCUT2D eigenvalue weighted by Gasteiger charge is 2.19. The molecule has 0 bridgehead atoms. The number of carbonyl (C=O) groups is 1. The lowest BCUT2D eigenvalue weighted by Crippen LogP contribution is -2.27. The zero-order chi connectivity index (χ0) is 13.3. The first-order chi connectivity index (χ1) is 7.89. The van der Waals surface area contributed by atoms with Crippen LogP contribution in [0.15, 0.2) is 0 Å². The van der Waals surface area contributed by atoms with Gasteiger partial charge < -0.3 is 9.47 Å². The van der Waals surface area contributed by atoms with Gasteiger partial charge >= 0.3 is 5.97 Å². The maximum absolute atomic E-state index is 11.6. The SMILES string of the molecule is CCCCCOC(CC)CC(=O)OC(C)(C)C. The second-order valence-corrected chi connectivity index (χ2v) is 5.40. The summed E-state index contributed by atoms with van der Waals surface area (Å²) in [5.41, 5.74) is -0.405. The van der Waals surface area contributed by atoms with E-state index in [9.17, 15) is 4.79 Å². The van der Waals surface area contributed by atoms with Crippen LogP contribution >= 0.6 is 0 Å². The highest BCUT2D eigenvalue weighted by molar-refractivity contribution is 5.70. The summed E-state index contributed by atoms with van der Waals surface area (Å²) in [4.78, 5) is 11.6. The Hall–Kier alpha value is -0.570. The van der Waals surface area contributed by atoms with Crippen LogP contribution in [0, 0.1) is 0 Å². The van der Waals surface area contributed by atoms with Gasteiger partial charge in [-0.1, -0.05) is 26.7 Å². The highest BCUT2D eigenvalue weighted by Crippen LogP contribution is 2.12. The quantitative estimate of drug-likeness (QED) is 0.482. The molecule has 0 heterocycles. The Morgan fingerprint density at radius 3 is 2.29 bits per heavy atom. The maximum Gasteiger partial charge on any atom is 0.308 e. The van der Waals surface area contributed by atoms with E-state index in [0.717, 1.165) is 19.4 Å². The predicted octanol–water partition coefficient (Wildman–Crippen LogP) is 3.70. The molecule has 102 valence electrons. The van der Waals surface area contributed by atoms with Crippen LogP contribution < -0.4 is 0 Å². The number of hydrogen-bond donors (Lipinski definition) is 0. The fraction of sp³-hybridized carbons (Fsp3) is 0.929. The Balaban J connectivity index is 3.83. The van der Waals surface area contributed by atoms with Crippen molar-refractivity contribution in [3.63, 3.8) is 0 Å². The number of hydrogen-bond acceptors (Lipinski definition) is 3. The predicted molar refractivity (Wildman–Crippen MR) is 70.0 cm³/mol. The van der Waals surface area contributed by atoms with E-state index >= 15 is 0 Å². The molecular formula is C14H28O3. The third kappa shape index (κ3) is 10.3. The standard InChI is InChI=1S/C14H28O3/c1-6-8-9-10-16-12(7-2)11-13(15)17-14(3,4)5/h12H,6-11H2,1-5H3. The van der Waals surface area contributed by atoms with E-state index < -0.39 is 5.60 Å². The lowest BCUT2D eigenvalue weighted by Gasteiger charge is -2.22. The lowest BCUT2D eigenvalue weighted by atomic mass is 10.1. The molecule has 0 aliphatic rings. The normalized spacial score (nSPS) is 13.5. The van der Waals surface area contributed by atoms with Gasteiger partial charge in [0.25, 0.3) is 0 Å². The number of ether oxygens (including phenoxy) is 2. The summed E-state index contributed by atoms with van der Waals surface area (Å²) in [5, 5.41) is 0. The van der Waals surface area contributed by atoms with Gasteiger partial charge in [-0.2, -0.15) is 0 Å².